The van der Waals surface area contributed by atoms with Crippen LogP contribution in [0.1, 0.15) is 11.1 Å². The summed E-state index contributed by atoms with van der Waals surface area (Å²) >= 11 is 3.66. The molecule has 0 aliphatic carbocycles. The highest BCUT2D eigenvalue weighted by molar-refractivity contribution is 14.1. The van der Waals surface area contributed by atoms with Gasteiger partial charge in [0.15, 0.2) is 0 Å². The molecular formula is C15H12IN5S. The molecule has 5 nitrogen and oxygen atoms in total. The first kappa shape index (κ1) is 14.9. The fourth-order valence-corrected chi connectivity index (χ4v) is 3.38. The molecule has 0 aliphatic rings. The maximum atomic E-state index is 7.66. The molecule has 1 heterocycles. The molecule has 0 unspecified atom stereocenters. The molecule has 0 amide bonds. The van der Waals surface area contributed by atoms with E-state index in [1.54, 1.807) is 6.07 Å². The minimum absolute atomic E-state index is 0.0335. The third-order valence-corrected chi connectivity index (χ3v) is 4.65. The Morgan fingerprint density at radius 1 is 1.14 bits per heavy atom. The molecule has 0 bridgehead atoms. The summed E-state index contributed by atoms with van der Waals surface area (Å²) in [6.45, 7) is 0. The van der Waals surface area contributed by atoms with Crippen LogP contribution in [0.2, 0.25) is 0 Å². The van der Waals surface area contributed by atoms with Crippen LogP contribution in [-0.4, -0.2) is 16.7 Å². The Kier molecular flexibility index (Phi) is 4.08. The van der Waals surface area contributed by atoms with Gasteiger partial charge >= 0.3 is 0 Å². The van der Waals surface area contributed by atoms with Gasteiger partial charge < -0.3 is 11.5 Å². The van der Waals surface area contributed by atoms with Crippen LogP contribution in [0.25, 0.3) is 10.2 Å². The third kappa shape index (κ3) is 2.95. The Bertz CT molecular complexity index is 867. The van der Waals surface area contributed by atoms with Gasteiger partial charge in [0.25, 0.3) is 0 Å². The molecule has 0 spiro atoms. The number of para-hydroxylation sites is 1. The third-order valence-electron chi connectivity index (χ3n) is 3.05. The van der Waals surface area contributed by atoms with E-state index in [-0.39, 0.29) is 5.84 Å². The van der Waals surface area contributed by atoms with Crippen molar-refractivity contribution in [2.45, 2.75) is 0 Å². The van der Waals surface area contributed by atoms with E-state index in [0.29, 0.717) is 22.1 Å². The zero-order valence-corrected chi connectivity index (χ0v) is 14.4. The van der Waals surface area contributed by atoms with E-state index < -0.39 is 0 Å². The molecule has 0 saturated heterocycles. The number of aromatic nitrogens is 1. The van der Waals surface area contributed by atoms with E-state index in [0.717, 1.165) is 13.8 Å². The van der Waals surface area contributed by atoms with Gasteiger partial charge in [-0.3, -0.25) is 5.41 Å². The molecule has 3 aromatic rings. The van der Waals surface area contributed by atoms with Gasteiger partial charge in [-0.15, -0.1) is 0 Å². The van der Waals surface area contributed by atoms with Crippen LogP contribution < -0.4 is 11.5 Å². The van der Waals surface area contributed by atoms with Gasteiger partial charge in [-0.2, -0.15) is 0 Å². The molecule has 110 valence electrons. The molecule has 0 fully saturated rings. The normalized spacial score (nSPS) is 11.8. The van der Waals surface area contributed by atoms with Gasteiger partial charge in [0.05, 0.1) is 10.2 Å². The van der Waals surface area contributed by atoms with Gasteiger partial charge in [-0.05, 0) is 52.9 Å². The monoisotopic (exact) mass is 421 g/mol. The lowest BCUT2D eigenvalue weighted by atomic mass is 10.1. The predicted octanol–water partition coefficient (Wildman–Crippen LogP) is 3.22. The second-order valence-corrected chi connectivity index (χ2v) is 6.82. The Morgan fingerprint density at radius 2 is 1.91 bits per heavy atom. The second kappa shape index (κ2) is 6.01. The summed E-state index contributed by atoms with van der Waals surface area (Å²) < 4.78 is 2.06. The quantitative estimate of drug-likeness (QED) is 0.344. The number of aliphatic imine (C=N–C) groups is 1. The second-order valence-electron chi connectivity index (χ2n) is 4.56. The first-order valence-corrected chi connectivity index (χ1v) is 8.28. The van der Waals surface area contributed by atoms with E-state index in [9.17, 15) is 0 Å². The molecule has 7 heteroatoms. The van der Waals surface area contributed by atoms with Gasteiger partial charge in [0.2, 0.25) is 5.13 Å². The van der Waals surface area contributed by atoms with E-state index in [4.69, 9.17) is 16.9 Å². The number of benzene rings is 2. The number of thiazole rings is 1. The molecule has 0 atom stereocenters. The Labute approximate surface area is 144 Å². The summed E-state index contributed by atoms with van der Waals surface area (Å²) in [5, 5.41) is 8.25. The van der Waals surface area contributed by atoms with Crippen LogP contribution in [0.15, 0.2) is 47.5 Å². The molecule has 5 N–H and O–H groups in total. The highest BCUT2D eigenvalue weighted by Gasteiger charge is 2.11. The van der Waals surface area contributed by atoms with Crippen LogP contribution in [-0.2, 0) is 0 Å². The Hall–Kier alpha value is -2.00. The van der Waals surface area contributed by atoms with Crippen LogP contribution in [0.3, 0.4) is 0 Å². The van der Waals surface area contributed by atoms with Crippen molar-refractivity contribution in [1.29, 1.82) is 5.41 Å². The lowest BCUT2D eigenvalue weighted by molar-refractivity contribution is 1.36. The Morgan fingerprint density at radius 3 is 2.64 bits per heavy atom. The number of nitrogens with one attached hydrogen (secondary N) is 1. The van der Waals surface area contributed by atoms with Crippen molar-refractivity contribution >= 4 is 60.9 Å². The number of hydrogen-bond acceptors (Lipinski definition) is 4. The van der Waals surface area contributed by atoms with Gasteiger partial charge in [-0.1, -0.05) is 23.5 Å². The summed E-state index contributed by atoms with van der Waals surface area (Å²) in [5.74, 6) is 0.275. The molecule has 0 aliphatic heterocycles. The zero-order valence-electron chi connectivity index (χ0n) is 11.4. The number of nitrogens with zero attached hydrogens (tertiary/aromatic N) is 2. The molecule has 2 aromatic carbocycles. The molecular weight excluding hydrogens is 409 g/mol. The molecule has 3 rings (SSSR count). The lowest BCUT2D eigenvalue weighted by Crippen LogP contribution is -2.21. The fourth-order valence-electron chi connectivity index (χ4n) is 2.03. The molecule has 0 radical (unpaired) electrons. The SMILES string of the molecule is N=C(N)c1ccc(I)cc1/C(N)=N/c1nc2ccccc2s1. The maximum absolute atomic E-state index is 7.66. The number of amidine groups is 2. The molecule has 1 aromatic heterocycles. The summed E-state index contributed by atoms with van der Waals surface area (Å²) in [7, 11) is 0. The molecule has 0 saturated carbocycles. The average Bonchev–Trinajstić information content (AvgIpc) is 2.88. The predicted molar refractivity (Wildman–Crippen MR) is 100 cm³/mol. The van der Waals surface area contributed by atoms with Crippen LogP contribution >= 0.6 is 33.9 Å². The number of rotatable bonds is 3. The number of fused-ring (bicyclic) bond motifs is 1. The van der Waals surface area contributed by atoms with Gasteiger partial charge in [-0.25, -0.2) is 9.98 Å². The van der Waals surface area contributed by atoms with Crippen molar-refractivity contribution in [1.82, 2.24) is 4.98 Å². The number of nitrogen functional groups attached to an aromatic ring is 1. The van der Waals surface area contributed by atoms with Crippen molar-refractivity contribution in [2.75, 3.05) is 0 Å². The van der Waals surface area contributed by atoms with Crippen LogP contribution in [0.5, 0.6) is 0 Å². The van der Waals surface area contributed by atoms with Crippen molar-refractivity contribution in [3.05, 3.63) is 57.2 Å². The summed E-state index contributed by atoms with van der Waals surface area (Å²) in [6, 6.07) is 13.4. The topological polar surface area (TPSA) is 101 Å². The van der Waals surface area contributed by atoms with E-state index in [2.05, 4.69) is 32.6 Å². The highest BCUT2D eigenvalue weighted by atomic mass is 127. The minimum Gasteiger partial charge on any atom is -0.384 e. The number of nitrogens with two attached hydrogens (primary N) is 2. The first-order chi connectivity index (χ1) is 10.5. The van der Waals surface area contributed by atoms with Crippen molar-refractivity contribution in [3.63, 3.8) is 0 Å². The lowest BCUT2D eigenvalue weighted by Gasteiger charge is -2.07. The maximum Gasteiger partial charge on any atom is 0.212 e. The smallest absolute Gasteiger partial charge is 0.212 e. The minimum atomic E-state index is -0.0335. The van der Waals surface area contributed by atoms with Crippen molar-refractivity contribution in [2.24, 2.45) is 16.5 Å². The Balaban J connectivity index is 2.08. The summed E-state index contributed by atoms with van der Waals surface area (Å²) in [4.78, 5) is 8.84. The number of hydrogen-bond donors (Lipinski definition) is 3. The van der Waals surface area contributed by atoms with Gasteiger partial charge in [0.1, 0.15) is 11.7 Å². The fraction of sp³-hybridized carbons (Fsp3) is 0. The standard InChI is InChI=1S/C15H12IN5S/c16-8-5-6-9(13(17)18)10(7-8)14(19)21-15-20-11-3-1-2-4-12(11)22-15/h1-7H,(H3,17,18)(H2,19,20,21). The van der Waals surface area contributed by atoms with Crippen LogP contribution in [0.4, 0.5) is 5.13 Å². The highest BCUT2D eigenvalue weighted by Crippen LogP contribution is 2.28. The largest absolute Gasteiger partial charge is 0.384 e. The van der Waals surface area contributed by atoms with E-state index in [1.807, 2.05) is 36.4 Å². The number of halogens is 1. The average molecular weight is 421 g/mol. The van der Waals surface area contributed by atoms with Crippen LogP contribution in [0, 0.1) is 8.98 Å². The zero-order chi connectivity index (χ0) is 15.7. The molecule has 22 heavy (non-hydrogen) atoms. The van der Waals surface area contributed by atoms with Gasteiger partial charge in [0, 0.05) is 14.7 Å². The summed E-state index contributed by atoms with van der Waals surface area (Å²) in [6.07, 6.45) is 0. The van der Waals surface area contributed by atoms with Crippen molar-refractivity contribution < 1.29 is 0 Å². The van der Waals surface area contributed by atoms with E-state index in [1.165, 1.54) is 11.3 Å². The van der Waals surface area contributed by atoms with E-state index >= 15 is 0 Å². The van der Waals surface area contributed by atoms with Crippen molar-refractivity contribution in [3.8, 4) is 0 Å². The first-order valence-electron chi connectivity index (χ1n) is 6.38. The summed E-state index contributed by atoms with van der Waals surface area (Å²) in [5.41, 5.74) is 13.9.